The fourth-order valence-corrected chi connectivity index (χ4v) is 2.45. The van der Waals surface area contributed by atoms with Gasteiger partial charge >= 0.3 is 0 Å². The van der Waals surface area contributed by atoms with Crippen LogP contribution >= 0.6 is 11.3 Å². The van der Waals surface area contributed by atoms with Crippen LogP contribution in [0.5, 0.6) is 0 Å². The van der Waals surface area contributed by atoms with Crippen LogP contribution in [0.2, 0.25) is 0 Å². The predicted octanol–water partition coefficient (Wildman–Crippen LogP) is 2.58. The molecule has 0 aromatic carbocycles. The van der Waals surface area contributed by atoms with Gasteiger partial charge in [0.15, 0.2) is 0 Å². The van der Waals surface area contributed by atoms with Crippen LogP contribution in [0.1, 0.15) is 25.5 Å². The second-order valence-electron chi connectivity index (χ2n) is 4.07. The summed E-state index contributed by atoms with van der Waals surface area (Å²) < 4.78 is 0. The smallest absolute Gasteiger partial charge is 0.141 e. The maximum absolute atomic E-state index is 4.63. The van der Waals surface area contributed by atoms with E-state index in [4.69, 9.17) is 0 Å². The van der Waals surface area contributed by atoms with Gasteiger partial charge in [-0.05, 0) is 18.9 Å². The number of thiazole rings is 1. The van der Waals surface area contributed by atoms with E-state index in [0.29, 0.717) is 5.41 Å². The van der Waals surface area contributed by atoms with Gasteiger partial charge in [0.2, 0.25) is 0 Å². The fraction of sp³-hybridized carbons (Fsp3) is 0.400. The van der Waals surface area contributed by atoms with Crippen molar-refractivity contribution in [2.75, 3.05) is 0 Å². The third kappa shape index (κ3) is 1.18. The molecule has 4 heteroatoms. The Labute approximate surface area is 86.2 Å². The molecule has 0 aliphatic heterocycles. The van der Waals surface area contributed by atoms with Gasteiger partial charge in [0.25, 0.3) is 0 Å². The van der Waals surface area contributed by atoms with Gasteiger partial charge < -0.3 is 0 Å². The molecule has 2 aromatic rings. The Bertz CT molecular complexity index is 440. The van der Waals surface area contributed by atoms with E-state index < -0.39 is 0 Å². The molecule has 0 spiro atoms. The molecule has 1 fully saturated rings. The Morgan fingerprint density at radius 1 is 1.50 bits per heavy atom. The lowest BCUT2D eigenvalue weighted by Crippen LogP contribution is -1.99. The molecule has 3 nitrogen and oxygen atoms in total. The lowest BCUT2D eigenvalue weighted by Gasteiger charge is -2.00. The zero-order valence-corrected chi connectivity index (χ0v) is 8.77. The van der Waals surface area contributed by atoms with E-state index in [1.165, 1.54) is 18.5 Å². The number of nitrogens with one attached hydrogen (secondary N) is 1. The summed E-state index contributed by atoms with van der Waals surface area (Å²) >= 11 is 1.69. The normalized spacial score (nSPS) is 18.4. The van der Waals surface area contributed by atoms with Crippen LogP contribution in [0.4, 0.5) is 0 Å². The largest absolute Gasteiger partial charge is 0.275 e. The molecule has 2 heterocycles. The Morgan fingerprint density at radius 3 is 3.00 bits per heavy atom. The van der Waals surface area contributed by atoms with Crippen LogP contribution in [-0.4, -0.2) is 15.2 Å². The molecule has 1 N–H and O–H groups in total. The summed E-state index contributed by atoms with van der Waals surface area (Å²) in [4.78, 5) is 4.63. The highest BCUT2D eigenvalue weighted by Gasteiger charge is 2.41. The summed E-state index contributed by atoms with van der Waals surface area (Å²) in [5.41, 5.74) is 2.63. The second kappa shape index (κ2) is 2.67. The lowest BCUT2D eigenvalue weighted by atomic mass is 10.1. The zero-order chi connectivity index (χ0) is 9.60. The monoisotopic (exact) mass is 205 g/mol. The number of hydrogen-bond donors (Lipinski definition) is 1. The highest BCUT2D eigenvalue weighted by Crippen LogP contribution is 2.48. The van der Waals surface area contributed by atoms with Gasteiger partial charge in [0.1, 0.15) is 5.01 Å². The highest BCUT2D eigenvalue weighted by molar-refractivity contribution is 7.13. The quantitative estimate of drug-likeness (QED) is 0.818. The molecule has 0 unspecified atom stereocenters. The molecule has 1 aliphatic rings. The van der Waals surface area contributed by atoms with Crippen molar-refractivity contribution in [3.63, 3.8) is 0 Å². The lowest BCUT2D eigenvalue weighted by molar-refractivity contribution is 0.759. The highest BCUT2D eigenvalue weighted by atomic mass is 32.1. The van der Waals surface area contributed by atoms with Crippen molar-refractivity contribution in [1.82, 2.24) is 15.2 Å². The molecule has 0 amide bonds. The molecule has 0 saturated heterocycles. The van der Waals surface area contributed by atoms with Crippen molar-refractivity contribution >= 4 is 11.3 Å². The zero-order valence-electron chi connectivity index (χ0n) is 7.95. The minimum absolute atomic E-state index is 0.370. The third-order valence-corrected chi connectivity index (χ3v) is 3.73. The third-order valence-electron chi connectivity index (χ3n) is 2.85. The number of hydrogen-bond acceptors (Lipinski definition) is 3. The Hall–Kier alpha value is -1.16. The van der Waals surface area contributed by atoms with Gasteiger partial charge in [-0.15, -0.1) is 11.3 Å². The predicted molar refractivity (Wildman–Crippen MR) is 56.3 cm³/mol. The Kier molecular flexibility index (Phi) is 1.56. The molecule has 2 aromatic heterocycles. The molecular formula is C10H11N3S. The molecular weight excluding hydrogens is 194 g/mol. The van der Waals surface area contributed by atoms with Crippen LogP contribution < -0.4 is 0 Å². The van der Waals surface area contributed by atoms with Gasteiger partial charge in [0.05, 0.1) is 11.4 Å². The van der Waals surface area contributed by atoms with E-state index >= 15 is 0 Å². The molecule has 14 heavy (non-hydrogen) atoms. The maximum atomic E-state index is 4.63. The number of rotatable bonds is 2. The first kappa shape index (κ1) is 8.17. The summed E-state index contributed by atoms with van der Waals surface area (Å²) in [6.45, 7) is 2.28. The van der Waals surface area contributed by atoms with Crippen molar-refractivity contribution in [2.24, 2.45) is 0 Å². The van der Waals surface area contributed by atoms with Gasteiger partial charge in [0, 0.05) is 17.0 Å². The first-order valence-electron chi connectivity index (χ1n) is 4.74. The first-order chi connectivity index (χ1) is 6.78. The van der Waals surface area contributed by atoms with Crippen molar-refractivity contribution < 1.29 is 0 Å². The molecule has 1 aliphatic carbocycles. The van der Waals surface area contributed by atoms with Gasteiger partial charge in [-0.1, -0.05) is 6.92 Å². The van der Waals surface area contributed by atoms with Gasteiger partial charge in [-0.25, -0.2) is 4.98 Å². The van der Waals surface area contributed by atoms with Crippen molar-refractivity contribution in [1.29, 1.82) is 0 Å². The minimum atomic E-state index is 0.370. The number of nitrogens with zero attached hydrogens (tertiary/aromatic N) is 2. The summed E-state index contributed by atoms with van der Waals surface area (Å²) in [5.74, 6) is 0. The van der Waals surface area contributed by atoms with E-state index in [1.54, 1.807) is 17.5 Å². The van der Waals surface area contributed by atoms with E-state index in [9.17, 15) is 0 Å². The van der Waals surface area contributed by atoms with E-state index in [0.717, 1.165) is 10.7 Å². The molecule has 0 bridgehead atoms. The minimum Gasteiger partial charge on any atom is -0.275 e. The number of H-pyrrole nitrogens is 1. The molecule has 1 saturated carbocycles. The van der Waals surface area contributed by atoms with Crippen LogP contribution in [0.15, 0.2) is 17.6 Å². The van der Waals surface area contributed by atoms with E-state index in [2.05, 4.69) is 27.5 Å². The summed E-state index contributed by atoms with van der Waals surface area (Å²) in [7, 11) is 0. The van der Waals surface area contributed by atoms with E-state index in [1.807, 2.05) is 6.07 Å². The van der Waals surface area contributed by atoms with Crippen molar-refractivity contribution in [2.45, 2.75) is 25.2 Å². The average Bonchev–Trinajstić information content (AvgIpc) is 2.73. The molecule has 3 rings (SSSR count). The second-order valence-corrected chi connectivity index (χ2v) is 4.93. The summed E-state index contributed by atoms with van der Waals surface area (Å²) in [5, 5.41) is 10.1. The number of aromatic amines is 1. The first-order valence-corrected chi connectivity index (χ1v) is 5.62. The molecule has 72 valence electrons. The standard InChI is InChI=1S/C10H11N3S/c1-10(3-4-10)8-6-14-9(12-8)7-2-5-11-13-7/h2,5-6H,3-4H2,1H3,(H,11,13). The van der Waals surface area contributed by atoms with Gasteiger partial charge in [-0.3, -0.25) is 5.10 Å². The maximum Gasteiger partial charge on any atom is 0.141 e. The molecule has 0 radical (unpaired) electrons. The Balaban J connectivity index is 1.98. The van der Waals surface area contributed by atoms with Gasteiger partial charge in [-0.2, -0.15) is 5.10 Å². The van der Waals surface area contributed by atoms with E-state index in [-0.39, 0.29) is 0 Å². The van der Waals surface area contributed by atoms with Crippen LogP contribution in [0, 0.1) is 0 Å². The van der Waals surface area contributed by atoms with Crippen molar-refractivity contribution in [3.05, 3.63) is 23.3 Å². The van der Waals surface area contributed by atoms with Crippen LogP contribution in [0.25, 0.3) is 10.7 Å². The SMILES string of the molecule is CC1(c2csc(-c3ccn[nH]3)n2)CC1. The number of aromatic nitrogens is 3. The average molecular weight is 205 g/mol. The summed E-state index contributed by atoms with van der Waals surface area (Å²) in [6.07, 6.45) is 4.31. The van der Waals surface area contributed by atoms with Crippen LogP contribution in [-0.2, 0) is 5.41 Å². The topological polar surface area (TPSA) is 41.6 Å². The van der Waals surface area contributed by atoms with Crippen molar-refractivity contribution in [3.8, 4) is 10.7 Å². The molecule has 0 atom stereocenters. The van der Waals surface area contributed by atoms with Crippen LogP contribution in [0.3, 0.4) is 0 Å². The summed E-state index contributed by atoms with van der Waals surface area (Å²) in [6, 6.07) is 1.96. The fourth-order valence-electron chi connectivity index (χ4n) is 1.49. The Morgan fingerprint density at radius 2 is 2.36 bits per heavy atom.